The molecule has 1 aromatic rings. The smallest absolute Gasteiger partial charge is 0.418 e. The highest BCUT2D eigenvalue weighted by molar-refractivity contribution is 5.61. The number of unbranched alkanes of at least 4 members (excludes halogenated alkanes) is 1. The second kappa shape index (κ2) is 6.43. The molecule has 0 radical (unpaired) electrons. The zero-order valence-corrected chi connectivity index (χ0v) is 11.3. The van der Waals surface area contributed by atoms with Crippen molar-refractivity contribution in [3.63, 3.8) is 0 Å². The Hall–Kier alpha value is -1.51. The van der Waals surface area contributed by atoms with Crippen molar-refractivity contribution in [2.24, 2.45) is 0 Å². The molecule has 0 saturated heterocycles. The third-order valence-corrected chi connectivity index (χ3v) is 3.29. The fourth-order valence-electron chi connectivity index (χ4n) is 2.25. The van der Waals surface area contributed by atoms with Crippen LogP contribution in [0, 0.1) is 0 Å². The number of nitrogens with zero attached hydrogens (tertiary/aromatic N) is 1. The summed E-state index contributed by atoms with van der Waals surface area (Å²) in [6.07, 6.45) is 4.17. The van der Waals surface area contributed by atoms with E-state index < -0.39 is 0 Å². The van der Waals surface area contributed by atoms with Crippen LogP contribution in [0.3, 0.4) is 0 Å². The van der Waals surface area contributed by atoms with E-state index >= 15 is 0 Å². The van der Waals surface area contributed by atoms with E-state index in [1.807, 2.05) is 6.07 Å². The second-order valence-corrected chi connectivity index (χ2v) is 4.62. The summed E-state index contributed by atoms with van der Waals surface area (Å²) in [6.45, 7) is 4.22. The van der Waals surface area contributed by atoms with Crippen molar-refractivity contribution in [1.29, 1.82) is 0 Å². The first-order valence-electron chi connectivity index (χ1n) is 6.72. The Morgan fingerprint density at radius 1 is 1.33 bits per heavy atom. The van der Waals surface area contributed by atoms with Crippen molar-refractivity contribution in [2.45, 2.75) is 32.3 Å². The van der Waals surface area contributed by atoms with Crippen LogP contribution in [0.2, 0.25) is 0 Å². The monoisotopic (exact) mass is 248 g/mol. The third-order valence-electron chi connectivity index (χ3n) is 3.29. The highest BCUT2D eigenvalue weighted by Crippen LogP contribution is 2.24. The molecule has 0 N–H and O–H groups in total. The normalized spacial score (nSPS) is 19.6. The molecule has 1 unspecified atom stereocenters. The van der Waals surface area contributed by atoms with Crippen molar-refractivity contribution >= 4 is 6.08 Å². The van der Waals surface area contributed by atoms with Crippen LogP contribution in [0.4, 0.5) is 0 Å². The maximum absolute atomic E-state index is 5.95. The minimum atomic E-state index is 0.124. The Balaban J connectivity index is 2.07. The molecule has 1 atom stereocenters. The largest absolute Gasteiger partial charge is 0.549 e. The second-order valence-electron chi connectivity index (χ2n) is 4.62. The Labute approximate surface area is 109 Å². The molecule has 1 heterocycles. The molecule has 0 spiro atoms. The number of hydrogen-bond acceptors (Lipinski definition) is 2. The molecule has 3 heteroatoms. The summed E-state index contributed by atoms with van der Waals surface area (Å²) in [7, 11) is 1.68. The maximum atomic E-state index is 5.95. The molecule has 0 aliphatic carbocycles. The lowest BCUT2D eigenvalue weighted by Crippen LogP contribution is -2.34. The lowest BCUT2D eigenvalue weighted by Gasteiger charge is -2.22. The Morgan fingerprint density at radius 2 is 2.11 bits per heavy atom. The molecule has 2 rings (SSSR count). The first kappa shape index (κ1) is 12.9. The highest BCUT2D eigenvalue weighted by Gasteiger charge is 2.30. The molecule has 1 aliphatic heterocycles. The van der Waals surface area contributed by atoms with E-state index in [0.29, 0.717) is 6.08 Å². The van der Waals surface area contributed by atoms with Gasteiger partial charge in [0.05, 0.1) is 7.11 Å². The molecule has 1 aromatic carbocycles. The molecule has 18 heavy (non-hydrogen) atoms. The van der Waals surface area contributed by atoms with Crippen molar-refractivity contribution in [2.75, 3.05) is 20.2 Å². The minimum absolute atomic E-state index is 0.124. The van der Waals surface area contributed by atoms with Crippen molar-refractivity contribution in [3.05, 3.63) is 35.9 Å². The summed E-state index contributed by atoms with van der Waals surface area (Å²) < 4.78 is 13.5. The number of ether oxygens (including phenoxy) is 2. The lowest BCUT2D eigenvalue weighted by atomic mass is 10.1. The summed E-state index contributed by atoms with van der Waals surface area (Å²) >= 11 is 0. The average molecular weight is 248 g/mol. The number of rotatable bonds is 4. The maximum Gasteiger partial charge on any atom is 0.549 e. The van der Waals surface area contributed by atoms with Gasteiger partial charge in [-0.3, -0.25) is 0 Å². The third kappa shape index (κ3) is 3.03. The van der Waals surface area contributed by atoms with Gasteiger partial charge in [0.15, 0.2) is 6.54 Å². The Kier molecular flexibility index (Phi) is 4.62. The van der Waals surface area contributed by atoms with E-state index in [1.54, 1.807) is 7.11 Å². The topological polar surface area (TPSA) is 21.5 Å². The van der Waals surface area contributed by atoms with Crippen molar-refractivity contribution < 1.29 is 14.0 Å². The van der Waals surface area contributed by atoms with E-state index in [0.717, 1.165) is 19.5 Å². The summed E-state index contributed by atoms with van der Waals surface area (Å²) in [5.74, 6) is 0. The summed E-state index contributed by atoms with van der Waals surface area (Å²) in [4.78, 5) is 0. The zero-order chi connectivity index (χ0) is 12.8. The van der Waals surface area contributed by atoms with Gasteiger partial charge in [0.1, 0.15) is 12.6 Å². The molecule has 1 aliphatic rings. The van der Waals surface area contributed by atoms with Gasteiger partial charge in [-0.1, -0.05) is 43.7 Å². The summed E-state index contributed by atoms with van der Waals surface area (Å²) in [5, 5.41) is 0. The van der Waals surface area contributed by atoms with Crippen molar-refractivity contribution in [1.82, 2.24) is 0 Å². The lowest BCUT2D eigenvalue weighted by molar-refractivity contribution is -0.557. The van der Waals surface area contributed by atoms with Crippen LogP contribution in [0.5, 0.6) is 0 Å². The van der Waals surface area contributed by atoms with Gasteiger partial charge >= 0.3 is 6.08 Å². The van der Waals surface area contributed by atoms with E-state index in [4.69, 9.17) is 9.47 Å². The summed E-state index contributed by atoms with van der Waals surface area (Å²) in [6, 6.07) is 10.4. The van der Waals surface area contributed by atoms with Crippen LogP contribution in [0.25, 0.3) is 0 Å². The van der Waals surface area contributed by atoms with Crippen LogP contribution in [0.1, 0.15) is 37.9 Å². The van der Waals surface area contributed by atoms with E-state index in [-0.39, 0.29) is 6.10 Å². The molecule has 0 saturated carbocycles. The van der Waals surface area contributed by atoms with Gasteiger partial charge in [0.2, 0.25) is 0 Å². The van der Waals surface area contributed by atoms with Gasteiger partial charge in [-0.2, -0.15) is 4.58 Å². The van der Waals surface area contributed by atoms with Crippen LogP contribution in [-0.2, 0) is 9.47 Å². The van der Waals surface area contributed by atoms with Gasteiger partial charge in [-0.15, -0.1) is 0 Å². The van der Waals surface area contributed by atoms with Crippen LogP contribution in [-0.4, -0.2) is 30.9 Å². The first-order chi connectivity index (χ1) is 8.85. The van der Waals surface area contributed by atoms with E-state index in [9.17, 15) is 0 Å². The molecular formula is C15H22NO2+. The number of benzene rings is 1. The van der Waals surface area contributed by atoms with Crippen LogP contribution in [0.15, 0.2) is 30.3 Å². The Morgan fingerprint density at radius 3 is 2.78 bits per heavy atom. The van der Waals surface area contributed by atoms with Gasteiger partial charge < -0.3 is 9.47 Å². The van der Waals surface area contributed by atoms with E-state index in [2.05, 4.69) is 35.8 Å². The average Bonchev–Trinajstić information content (AvgIpc) is 2.46. The molecule has 0 aromatic heterocycles. The minimum Gasteiger partial charge on any atom is -0.418 e. The van der Waals surface area contributed by atoms with Crippen molar-refractivity contribution in [3.8, 4) is 0 Å². The molecule has 0 amide bonds. The Bertz CT molecular complexity index is 400. The molecule has 0 bridgehead atoms. The standard InChI is InChI=1S/C15H22NO2/c1-3-4-11-16-12-10-14(18-15(16)17-2)13-8-6-5-7-9-13/h5-9,14H,3-4,10-12H2,1-2H3/q+1. The first-order valence-corrected chi connectivity index (χ1v) is 6.72. The molecule has 3 nitrogen and oxygen atoms in total. The van der Waals surface area contributed by atoms with Gasteiger partial charge in [-0.05, 0) is 5.56 Å². The molecule has 98 valence electrons. The number of methoxy groups -OCH3 is 1. The van der Waals surface area contributed by atoms with Crippen LogP contribution >= 0.6 is 0 Å². The summed E-state index contributed by atoms with van der Waals surface area (Å²) in [5.41, 5.74) is 1.22. The highest BCUT2D eigenvalue weighted by atomic mass is 16.7. The predicted octanol–water partition coefficient (Wildman–Crippen LogP) is 2.96. The van der Waals surface area contributed by atoms with Gasteiger partial charge in [0, 0.05) is 12.8 Å². The quantitative estimate of drug-likeness (QED) is 0.764. The molecule has 0 fully saturated rings. The zero-order valence-electron chi connectivity index (χ0n) is 11.3. The fraction of sp³-hybridized carbons (Fsp3) is 0.533. The number of hydrogen-bond donors (Lipinski definition) is 0. The van der Waals surface area contributed by atoms with Crippen LogP contribution < -0.4 is 0 Å². The van der Waals surface area contributed by atoms with E-state index in [1.165, 1.54) is 18.4 Å². The SMILES string of the molecule is CCCC[N+]1=C(OC)OC(c2ccccc2)CC1. The van der Waals surface area contributed by atoms with Gasteiger partial charge in [-0.25, -0.2) is 0 Å². The van der Waals surface area contributed by atoms with Gasteiger partial charge in [0.25, 0.3) is 0 Å². The molecular weight excluding hydrogens is 226 g/mol. The fourth-order valence-corrected chi connectivity index (χ4v) is 2.25. The predicted molar refractivity (Wildman–Crippen MR) is 71.8 cm³/mol.